The van der Waals surface area contributed by atoms with Crippen LogP contribution in [0, 0.1) is 12.3 Å². The number of hydrogen-bond donors (Lipinski definition) is 0. The molecule has 2 saturated heterocycles. The van der Waals surface area contributed by atoms with Crippen molar-refractivity contribution in [3.8, 4) is 0 Å². The first-order chi connectivity index (χ1) is 18.4. The van der Waals surface area contributed by atoms with Gasteiger partial charge in [-0.1, -0.05) is 48.0 Å². The summed E-state index contributed by atoms with van der Waals surface area (Å²) in [7, 11) is 1.57. The molecule has 2 atom stereocenters. The lowest BCUT2D eigenvalue weighted by Gasteiger charge is -2.46. The van der Waals surface area contributed by atoms with E-state index in [4.69, 9.17) is 11.6 Å². The van der Waals surface area contributed by atoms with Gasteiger partial charge in [-0.25, -0.2) is 4.79 Å². The van der Waals surface area contributed by atoms with Crippen LogP contribution in [0.4, 0.5) is 18.0 Å². The van der Waals surface area contributed by atoms with Crippen LogP contribution < -0.4 is 0 Å². The molecule has 0 radical (unpaired) electrons. The summed E-state index contributed by atoms with van der Waals surface area (Å²) in [6.07, 6.45) is 0.538. The molecule has 2 aliphatic heterocycles. The van der Waals surface area contributed by atoms with E-state index in [1.54, 1.807) is 24.1 Å². The van der Waals surface area contributed by atoms with Gasteiger partial charge in [-0.15, -0.1) is 13.2 Å². The lowest BCUT2D eigenvalue weighted by atomic mass is 9.76. The van der Waals surface area contributed by atoms with Crippen molar-refractivity contribution in [2.24, 2.45) is 5.41 Å². The van der Waals surface area contributed by atoms with Crippen molar-refractivity contribution < 1.29 is 22.8 Å². The van der Waals surface area contributed by atoms with Crippen molar-refractivity contribution in [3.05, 3.63) is 95.1 Å². The van der Waals surface area contributed by atoms with E-state index in [0.29, 0.717) is 32.4 Å². The fourth-order valence-electron chi connectivity index (χ4n) is 6.12. The first-order valence-electron chi connectivity index (χ1n) is 12.9. The van der Waals surface area contributed by atoms with Crippen LogP contribution in [0.5, 0.6) is 0 Å². The summed E-state index contributed by atoms with van der Waals surface area (Å²) >= 11 is 5.98. The monoisotopic (exact) mass is 559 g/mol. The number of carbonyl (C=O) groups is 2. The smallest absolute Gasteiger partial charge is 0.335 e. The number of amides is 3. The number of alkyl halides is 3. The lowest BCUT2D eigenvalue weighted by Crippen LogP contribution is -2.57. The average molecular weight is 560 g/mol. The zero-order valence-corrected chi connectivity index (χ0v) is 22.9. The van der Waals surface area contributed by atoms with Crippen LogP contribution in [0.25, 0.3) is 0 Å². The first kappa shape index (κ1) is 28.7. The molecule has 5 nitrogen and oxygen atoms in total. The zero-order valence-electron chi connectivity index (χ0n) is 22.2. The molecule has 0 spiro atoms. The normalized spacial score (nSPS) is 20.5. The third kappa shape index (κ3) is 5.57. The molecule has 39 heavy (non-hydrogen) atoms. The molecule has 3 amide bonds. The fraction of sp³-hybridized carbons (Fsp3) is 0.400. The van der Waals surface area contributed by atoms with Gasteiger partial charge in [0.05, 0.1) is 23.1 Å². The summed E-state index contributed by atoms with van der Waals surface area (Å²) in [6, 6.07) is 10.1. The molecule has 4 rings (SSSR count). The third-order valence-corrected chi connectivity index (χ3v) is 8.07. The highest BCUT2D eigenvalue weighted by atomic mass is 35.5. The van der Waals surface area contributed by atoms with Gasteiger partial charge in [0.15, 0.2) is 0 Å². The minimum atomic E-state index is -4.55. The summed E-state index contributed by atoms with van der Waals surface area (Å²) in [6.45, 7) is 10.3. The summed E-state index contributed by atoms with van der Waals surface area (Å²) in [4.78, 5) is 32.7. The summed E-state index contributed by atoms with van der Waals surface area (Å²) in [5, 5.41) is -0.0441. The maximum Gasteiger partial charge on any atom is 0.416 e. The molecular weight excluding hydrogens is 527 g/mol. The summed E-state index contributed by atoms with van der Waals surface area (Å²) in [5.74, 6) is 0.0462. The number of urea groups is 1. The third-order valence-electron chi connectivity index (χ3n) is 7.85. The van der Waals surface area contributed by atoms with Crippen LogP contribution >= 0.6 is 11.6 Å². The summed E-state index contributed by atoms with van der Waals surface area (Å²) < 4.78 is 40.0. The average Bonchev–Trinajstić information content (AvgIpc) is 3.14. The minimum Gasteiger partial charge on any atom is -0.335 e. The van der Waals surface area contributed by atoms with Gasteiger partial charge in [0.25, 0.3) is 0 Å². The van der Waals surface area contributed by atoms with E-state index < -0.39 is 23.2 Å². The second-order valence-electron chi connectivity index (χ2n) is 10.5. The lowest BCUT2D eigenvalue weighted by molar-refractivity contribution is -0.139. The van der Waals surface area contributed by atoms with Gasteiger partial charge in [0.2, 0.25) is 5.91 Å². The van der Waals surface area contributed by atoms with E-state index in [2.05, 4.69) is 13.2 Å². The van der Waals surface area contributed by atoms with Gasteiger partial charge in [0.1, 0.15) is 0 Å². The second kappa shape index (κ2) is 11.1. The van der Waals surface area contributed by atoms with E-state index in [0.717, 1.165) is 23.3 Å². The highest BCUT2D eigenvalue weighted by molar-refractivity contribution is 6.30. The van der Waals surface area contributed by atoms with Gasteiger partial charge < -0.3 is 14.7 Å². The molecule has 0 N–H and O–H groups in total. The number of allylic oxidation sites excluding steroid dienone is 2. The second-order valence-corrected chi connectivity index (χ2v) is 11.0. The Hall–Kier alpha value is -3.26. The van der Waals surface area contributed by atoms with Gasteiger partial charge in [0, 0.05) is 31.7 Å². The Morgan fingerprint density at radius 3 is 2.44 bits per heavy atom. The number of carbonyl (C=O) groups excluding carboxylic acids is 2. The molecular formula is C30H33ClF3N3O2. The van der Waals surface area contributed by atoms with Crippen LogP contribution in [0.15, 0.2) is 67.8 Å². The Morgan fingerprint density at radius 2 is 1.82 bits per heavy atom. The van der Waals surface area contributed by atoms with Crippen LogP contribution in [-0.2, 0) is 17.5 Å². The van der Waals surface area contributed by atoms with Gasteiger partial charge in [-0.2, -0.15) is 13.2 Å². The number of rotatable bonds is 7. The molecule has 2 aromatic rings. The molecule has 208 valence electrons. The Kier molecular flexibility index (Phi) is 8.17. The Balaban J connectivity index is 1.68. The molecule has 0 aliphatic carbocycles. The van der Waals surface area contributed by atoms with Gasteiger partial charge in [-0.3, -0.25) is 4.79 Å². The maximum absolute atomic E-state index is 13.9. The molecule has 2 aromatic carbocycles. The molecule has 2 fully saturated rings. The van der Waals surface area contributed by atoms with Crippen molar-refractivity contribution in [1.29, 1.82) is 0 Å². The molecule has 0 aromatic heterocycles. The number of piperazine rings is 1. The SMILES string of the molecule is C=CCC1(CC=C)C[C@H]2[C@H](c3ccccc3C)N(C(=O)N(C)Cc3cc(Cl)cc(C(F)(F)F)c3)CCN2C1=O. The quantitative estimate of drug-likeness (QED) is 0.342. The molecule has 0 bridgehead atoms. The Morgan fingerprint density at radius 1 is 1.15 bits per heavy atom. The van der Waals surface area contributed by atoms with Crippen molar-refractivity contribution in [3.63, 3.8) is 0 Å². The van der Waals surface area contributed by atoms with E-state index in [1.807, 2.05) is 36.1 Å². The predicted octanol–water partition coefficient (Wildman–Crippen LogP) is 7.02. The standard InChI is InChI=1S/C30H33ClF3N3O2/c1-5-11-29(12-6-2)18-25-26(24-10-8-7-9-20(24)3)37(14-13-36(25)27(29)38)28(39)35(4)19-21-15-22(30(32,33)34)17-23(31)16-21/h5-10,15-17,25-26H,1-2,11-14,18-19H2,3-4H3/t25-,26-/m0/s1. The molecule has 2 aliphatic rings. The fourth-order valence-corrected chi connectivity index (χ4v) is 6.37. The number of hydrogen-bond acceptors (Lipinski definition) is 2. The van der Waals surface area contributed by atoms with Crippen LogP contribution in [-0.4, -0.2) is 52.8 Å². The van der Waals surface area contributed by atoms with E-state index >= 15 is 0 Å². The van der Waals surface area contributed by atoms with Crippen molar-refractivity contribution in [2.75, 3.05) is 20.1 Å². The number of fused-ring (bicyclic) bond motifs is 1. The highest BCUT2D eigenvalue weighted by Gasteiger charge is 2.56. The molecule has 2 heterocycles. The van der Waals surface area contributed by atoms with Crippen LogP contribution in [0.2, 0.25) is 5.02 Å². The summed E-state index contributed by atoms with van der Waals surface area (Å²) in [5.41, 5.74) is 0.699. The topological polar surface area (TPSA) is 43.9 Å². The molecule has 9 heteroatoms. The largest absolute Gasteiger partial charge is 0.416 e. The van der Waals surface area contributed by atoms with E-state index in [1.165, 1.54) is 11.0 Å². The number of aryl methyl sites for hydroxylation is 1. The molecule has 0 unspecified atom stereocenters. The van der Waals surface area contributed by atoms with Crippen LogP contribution in [0.3, 0.4) is 0 Å². The zero-order chi connectivity index (χ0) is 28.5. The van der Waals surface area contributed by atoms with Crippen molar-refractivity contribution in [1.82, 2.24) is 14.7 Å². The Bertz CT molecular complexity index is 1270. The maximum atomic E-state index is 13.9. The van der Waals surface area contributed by atoms with Crippen LogP contribution in [0.1, 0.15) is 47.6 Å². The van der Waals surface area contributed by atoms with Gasteiger partial charge >= 0.3 is 12.2 Å². The van der Waals surface area contributed by atoms with Crippen molar-refractivity contribution in [2.45, 2.75) is 51.0 Å². The minimum absolute atomic E-state index is 0.0441. The Labute approximate surface area is 232 Å². The predicted molar refractivity (Wildman–Crippen MR) is 146 cm³/mol. The van der Waals surface area contributed by atoms with E-state index in [-0.39, 0.29) is 35.1 Å². The van der Waals surface area contributed by atoms with Gasteiger partial charge in [-0.05, 0) is 61.1 Å². The highest BCUT2D eigenvalue weighted by Crippen LogP contribution is 2.49. The first-order valence-corrected chi connectivity index (χ1v) is 13.3. The number of halogens is 4. The molecule has 0 saturated carbocycles. The number of nitrogens with zero attached hydrogens (tertiary/aromatic N) is 3. The van der Waals surface area contributed by atoms with Crippen molar-refractivity contribution >= 4 is 23.5 Å². The number of benzene rings is 2. The van der Waals surface area contributed by atoms with E-state index in [9.17, 15) is 22.8 Å².